The van der Waals surface area contributed by atoms with Gasteiger partial charge >= 0.3 is 0 Å². The van der Waals surface area contributed by atoms with E-state index in [0.29, 0.717) is 13.1 Å². The summed E-state index contributed by atoms with van der Waals surface area (Å²) in [5, 5.41) is 12.6. The molecular weight excluding hydrogens is 288 g/mol. The Morgan fingerprint density at radius 3 is 2.75 bits per heavy atom. The van der Waals surface area contributed by atoms with Gasteiger partial charge in [0.2, 0.25) is 0 Å². The molecule has 1 aromatic heterocycles. The van der Waals surface area contributed by atoms with Gasteiger partial charge in [-0.1, -0.05) is 13.8 Å². The van der Waals surface area contributed by atoms with Crippen LogP contribution in [-0.4, -0.2) is 30.8 Å². The Hall–Kier alpha value is 0.0600. The first-order chi connectivity index (χ1) is 7.45. The van der Waals surface area contributed by atoms with E-state index in [1.165, 1.54) is 4.88 Å². The zero-order chi connectivity index (χ0) is 12.2. The fourth-order valence-electron chi connectivity index (χ4n) is 1.40. The van der Waals surface area contributed by atoms with E-state index in [0.717, 1.165) is 10.3 Å². The van der Waals surface area contributed by atoms with Gasteiger partial charge in [0.1, 0.15) is 0 Å². The third-order valence-corrected chi connectivity index (χ3v) is 4.45. The first-order valence-electron chi connectivity index (χ1n) is 5.30. The van der Waals surface area contributed by atoms with Crippen molar-refractivity contribution in [1.82, 2.24) is 5.32 Å². The van der Waals surface area contributed by atoms with Crippen molar-refractivity contribution in [2.24, 2.45) is 5.73 Å². The van der Waals surface area contributed by atoms with Crippen LogP contribution in [0.2, 0.25) is 0 Å². The zero-order valence-electron chi connectivity index (χ0n) is 9.66. The monoisotopic (exact) mass is 306 g/mol. The standard InChI is InChI=1S/C11H19BrN2OS/c1-11(2,7-14-6-8(15)5-13)9-3-4-10(12)16-9/h3-4,8,14-15H,5-7,13H2,1-2H3. The number of aliphatic hydroxyl groups excluding tert-OH is 1. The van der Waals surface area contributed by atoms with Crippen LogP contribution in [0.1, 0.15) is 18.7 Å². The number of hydrogen-bond acceptors (Lipinski definition) is 4. The van der Waals surface area contributed by atoms with E-state index in [1.807, 2.05) is 0 Å². The summed E-state index contributed by atoms with van der Waals surface area (Å²) >= 11 is 5.22. The molecule has 0 saturated carbocycles. The molecule has 0 radical (unpaired) electrons. The van der Waals surface area contributed by atoms with E-state index in [4.69, 9.17) is 5.73 Å². The summed E-state index contributed by atoms with van der Waals surface area (Å²) in [6.45, 7) is 6.06. The minimum atomic E-state index is -0.453. The fourth-order valence-corrected chi connectivity index (χ4v) is 2.89. The van der Waals surface area contributed by atoms with Crippen molar-refractivity contribution >= 4 is 27.3 Å². The second-order valence-electron chi connectivity index (χ2n) is 4.51. The minimum Gasteiger partial charge on any atom is -0.390 e. The van der Waals surface area contributed by atoms with Crippen LogP contribution >= 0.6 is 27.3 Å². The van der Waals surface area contributed by atoms with Gasteiger partial charge in [-0.05, 0) is 28.1 Å². The normalized spacial score (nSPS) is 14.1. The van der Waals surface area contributed by atoms with Crippen molar-refractivity contribution < 1.29 is 5.11 Å². The van der Waals surface area contributed by atoms with Gasteiger partial charge in [-0.3, -0.25) is 0 Å². The fraction of sp³-hybridized carbons (Fsp3) is 0.636. The van der Waals surface area contributed by atoms with Crippen LogP contribution in [0.5, 0.6) is 0 Å². The quantitative estimate of drug-likeness (QED) is 0.750. The maximum atomic E-state index is 9.34. The Morgan fingerprint density at radius 2 is 2.25 bits per heavy atom. The Kier molecular flexibility index (Phi) is 5.40. The highest BCUT2D eigenvalue weighted by Gasteiger charge is 2.22. The van der Waals surface area contributed by atoms with E-state index in [2.05, 4.69) is 47.2 Å². The highest BCUT2D eigenvalue weighted by atomic mass is 79.9. The molecule has 92 valence electrons. The molecule has 0 saturated heterocycles. The summed E-state index contributed by atoms with van der Waals surface area (Å²) in [5.74, 6) is 0. The minimum absolute atomic E-state index is 0.0744. The number of thiophene rings is 1. The number of aliphatic hydroxyl groups is 1. The van der Waals surface area contributed by atoms with Crippen LogP contribution in [-0.2, 0) is 5.41 Å². The van der Waals surface area contributed by atoms with Gasteiger partial charge < -0.3 is 16.2 Å². The second kappa shape index (κ2) is 6.12. The lowest BCUT2D eigenvalue weighted by molar-refractivity contribution is 0.177. The molecule has 0 fully saturated rings. The van der Waals surface area contributed by atoms with Gasteiger partial charge in [0.15, 0.2) is 0 Å². The molecule has 5 heteroatoms. The third kappa shape index (κ3) is 4.14. The van der Waals surface area contributed by atoms with Crippen molar-refractivity contribution in [3.05, 3.63) is 20.8 Å². The molecule has 1 heterocycles. The Labute approximate surface area is 109 Å². The van der Waals surface area contributed by atoms with Crippen LogP contribution in [0.4, 0.5) is 0 Å². The van der Waals surface area contributed by atoms with Crippen LogP contribution in [0.25, 0.3) is 0 Å². The van der Waals surface area contributed by atoms with Gasteiger partial charge in [-0.25, -0.2) is 0 Å². The second-order valence-corrected chi connectivity index (χ2v) is 6.97. The summed E-state index contributed by atoms with van der Waals surface area (Å²) in [6, 6.07) is 4.20. The molecule has 16 heavy (non-hydrogen) atoms. The predicted octanol–water partition coefficient (Wildman–Crippen LogP) is 1.70. The van der Waals surface area contributed by atoms with Crippen LogP contribution < -0.4 is 11.1 Å². The Morgan fingerprint density at radius 1 is 1.56 bits per heavy atom. The van der Waals surface area contributed by atoms with Crippen LogP contribution in [0.3, 0.4) is 0 Å². The number of nitrogens with one attached hydrogen (secondary N) is 1. The highest BCUT2D eigenvalue weighted by molar-refractivity contribution is 9.11. The molecule has 1 rings (SSSR count). The zero-order valence-corrected chi connectivity index (χ0v) is 12.1. The molecule has 1 unspecified atom stereocenters. The maximum Gasteiger partial charge on any atom is 0.0786 e. The lowest BCUT2D eigenvalue weighted by Crippen LogP contribution is -2.39. The summed E-state index contributed by atoms with van der Waals surface area (Å²) in [5.41, 5.74) is 5.42. The molecule has 4 N–H and O–H groups in total. The van der Waals surface area contributed by atoms with Crippen molar-refractivity contribution in [3.8, 4) is 0 Å². The lowest BCUT2D eigenvalue weighted by atomic mass is 9.91. The molecule has 1 atom stereocenters. The summed E-state index contributed by atoms with van der Waals surface area (Å²) in [7, 11) is 0. The van der Waals surface area contributed by atoms with Crippen LogP contribution in [0.15, 0.2) is 15.9 Å². The van der Waals surface area contributed by atoms with Crippen LogP contribution in [0, 0.1) is 0 Å². The molecule has 0 aliphatic carbocycles. The Balaban J connectivity index is 2.46. The average Bonchev–Trinajstić information content (AvgIpc) is 2.65. The predicted molar refractivity (Wildman–Crippen MR) is 73.0 cm³/mol. The SMILES string of the molecule is CC(C)(CNCC(O)CN)c1ccc(Br)s1. The molecule has 0 aliphatic heterocycles. The maximum absolute atomic E-state index is 9.34. The number of rotatable bonds is 6. The smallest absolute Gasteiger partial charge is 0.0786 e. The molecule has 0 amide bonds. The van der Waals surface area contributed by atoms with E-state index in [1.54, 1.807) is 11.3 Å². The van der Waals surface area contributed by atoms with E-state index >= 15 is 0 Å². The first kappa shape index (κ1) is 14.1. The summed E-state index contributed by atoms with van der Waals surface area (Å²) in [6.07, 6.45) is -0.453. The molecule has 0 aromatic carbocycles. The molecular formula is C11H19BrN2OS. The van der Waals surface area contributed by atoms with E-state index < -0.39 is 6.10 Å². The van der Waals surface area contributed by atoms with Crippen molar-refractivity contribution in [2.75, 3.05) is 19.6 Å². The highest BCUT2D eigenvalue weighted by Crippen LogP contribution is 2.32. The van der Waals surface area contributed by atoms with Crippen molar-refractivity contribution in [1.29, 1.82) is 0 Å². The molecule has 3 nitrogen and oxygen atoms in total. The van der Waals surface area contributed by atoms with Gasteiger partial charge in [0.05, 0.1) is 9.89 Å². The van der Waals surface area contributed by atoms with Gasteiger partial charge in [0, 0.05) is 29.9 Å². The summed E-state index contributed by atoms with van der Waals surface area (Å²) < 4.78 is 1.15. The van der Waals surface area contributed by atoms with Gasteiger partial charge in [0.25, 0.3) is 0 Å². The third-order valence-electron chi connectivity index (χ3n) is 2.46. The molecule has 0 spiro atoms. The number of hydrogen-bond donors (Lipinski definition) is 3. The Bertz CT molecular complexity index is 328. The largest absolute Gasteiger partial charge is 0.390 e. The first-order valence-corrected chi connectivity index (χ1v) is 6.91. The average molecular weight is 307 g/mol. The van der Waals surface area contributed by atoms with E-state index in [-0.39, 0.29) is 5.41 Å². The molecule has 1 aromatic rings. The molecule has 0 bridgehead atoms. The van der Waals surface area contributed by atoms with Crippen molar-refractivity contribution in [2.45, 2.75) is 25.4 Å². The summed E-state index contributed by atoms with van der Waals surface area (Å²) in [4.78, 5) is 1.33. The topological polar surface area (TPSA) is 58.3 Å². The van der Waals surface area contributed by atoms with Crippen molar-refractivity contribution in [3.63, 3.8) is 0 Å². The van der Waals surface area contributed by atoms with E-state index in [9.17, 15) is 5.11 Å². The number of halogens is 1. The van der Waals surface area contributed by atoms with Gasteiger partial charge in [-0.2, -0.15) is 0 Å². The number of nitrogens with two attached hydrogens (primary N) is 1. The van der Waals surface area contributed by atoms with Gasteiger partial charge in [-0.15, -0.1) is 11.3 Å². The lowest BCUT2D eigenvalue weighted by Gasteiger charge is -2.24. The molecule has 0 aliphatic rings.